The summed E-state index contributed by atoms with van der Waals surface area (Å²) >= 11 is 0. The van der Waals surface area contributed by atoms with Crippen LogP contribution in [-0.4, -0.2) is 90.2 Å². The number of likely N-dealkylation sites (tertiary alicyclic amines) is 2. The lowest BCUT2D eigenvalue weighted by atomic mass is 10.2. The van der Waals surface area contributed by atoms with Crippen molar-refractivity contribution in [2.75, 3.05) is 52.5 Å². The molecule has 2 aromatic rings. The molecule has 1 amide bonds. The number of aromatic nitrogens is 1. The van der Waals surface area contributed by atoms with Crippen molar-refractivity contribution in [3.8, 4) is 17.2 Å². The zero-order chi connectivity index (χ0) is 24.0. The molecule has 1 aromatic heterocycles. The third-order valence-electron chi connectivity index (χ3n) is 7.56. The Morgan fingerprint density at radius 2 is 1.94 bits per heavy atom. The molecule has 5 rings (SSSR count). The van der Waals surface area contributed by atoms with Crippen molar-refractivity contribution < 1.29 is 18.7 Å². The first-order chi connectivity index (χ1) is 17.2. The number of carbonyl (C=O) groups is 1. The molecule has 4 heterocycles. The van der Waals surface area contributed by atoms with Crippen LogP contribution in [0.15, 0.2) is 34.9 Å². The molecule has 3 aliphatic heterocycles. The standard InChI is InChI=1S/C27H38N4O4/c1-21-4-2-11-30(21)12-3-15-34-25-8-5-22(6-9-25)27-28-23(20-35-27)18-31-24(7-10-26(31)32)19-29-13-16-33-17-14-29/h5-6,8-9,20-21,24H,2-4,7,10-19H2,1H3. The molecule has 0 N–H and O–H groups in total. The third-order valence-corrected chi connectivity index (χ3v) is 7.56. The highest BCUT2D eigenvalue weighted by atomic mass is 16.5. The summed E-state index contributed by atoms with van der Waals surface area (Å²) in [5.74, 6) is 1.64. The van der Waals surface area contributed by atoms with E-state index in [1.165, 1.54) is 19.4 Å². The average Bonchev–Trinajstić information content (AvgIpc) is 3.60. The summed E-state index contributed by atoms with van der Waals surface area (Å²) in [7, 11) is 0. The van der Waals surface area contributed by atoms with Gasteiger partial charge in [0, 0.05) is 50.2 Å². The predicted molar refractivity (Wildman–Crippen MR) is 133 cm³/mol. The normalized spacial score (nSPS) is 23.9. The molecule has 1 aromatic carbocycles. The van der Waals surface area contributed by atoms with E-state index in [4.69, 9.17) is 13.9 Å². The monoisotopic (exact) mass is 482 g/mol. The van der Waals surface area contributed by atoms with Gasteiger partial charge < -0.3 is 23.7 Å². The highest BCUT2D eigenvalue weighted by molar-refractivity contribution is 5.78. The van der Waals surface area contributed by atoms with E-state index >= 15 is 0 Å². The number of morpholine rings is 1. The number of benzene rings is 1. The van der Waals surface area contributed by atoms with Gasteiger partial charge in [0.05, 0.1) is 32.1 Å². The van der Waals surface area contributed by atoms with Crippen molar-refractivity contribution in [2.45, 2.75) is 57.7 Å². The summed E-state index contributed by atoms with van der Waals surface area (Å²) < 4.78 is 17.2. The second-order valence-electron chi connectivity index (χ2n) is 10.0. The summed E-state index contributed by atoms with van der Waals surface area (Å²) in [5.41, 5.74) is 1.70. The van der Waals surface area contributed by atoms with Crippen molar-refractivity contribution >= 4 is 5.91 Å². The van der Waals surface area contributed by atoms with Crippen LogP contribution >= 0.6 is 0 Å². The van der Waals surface area contributed by atoms with Gasteiger partial charge in [-0.3, -0.25) is 9.69 Å². The number of amides is 1. The van der Waals surface area contributed by atoms with Gasteiger partial charge in [-0.1, -0.05) is 0 Å². The van der Waals surface area contributed by atoms with Crippen molar-refractivity contribution in [3.63, 3.8) is 0 Å². The van der Waals surface area contributed by atoms with E-state index < -0.39 is 0 Å². The molecule has 2 unspecified atom stereocenters. The number of hydrogen-bond donors (Lipinski definition) is 0. The molecule has 0 aliphatic carbocycles. The summed E-state index contributed by atoms with van der Waals surface area (Å²) in [6.07, 6.45) is 6.86. The lowest BCUT2D eigenvalue weighted by molar-refractivity contribution is -0.130. The number of rotatable bonds is 10. The first kappa shape index (κ1) is 24.3. The third kappa shape index (κ3) is 6.23. The lowest BCUT2D eigenvalue weighted by Crippen LogP contribution is -2.45. The highest BCUT2D eigenvalue weighted by Gasteiger charge is 2.33. The first-order valence-electron chi connectivity index (χ1n) is 13.2. The van der Waals surface area contributed by atoms with Crippen LogP contribution in [0.4, 0.5) is 0 Å². The Labute approximate surface area is 208 Å². The number of nitrogens with zero attached hydrogens (tertiary/aromatic N) is 4. The second-order valence-corrected chi connectivity index (χ2v) is 10.0. The Balaban J connectivity index is 1.11. The van der Waals surface area contributed by atoms with Gasteiger partial charge >= 0.3 is 0 Å². The summed E-state index contributed by atoms with van der Waals surface area (Å²) in [6.45, 7) is 10.2. The first-order valence-corrected chi connectivity index (χ1v) is 13.2. The summed E-state index contributed by atoms with van der Waals surface area (Å²) in [4.78, 5) is 24.1. The SMILES string of the molecule is CC1CCCN1CCCOc1ccc(-c2nc(CN3C(=O)CCC3CN3CCOCC3)co2)cc1. The molecule has 2 atom stereocenters. The molecule has 3 aliphatic rings. The van der Waals surface area contributed by atoms with Gasteiger partial charge in [0.2, 0.25) is 11.8 Å². The zero-order valence-corrected chi connectivity index (χ0v) is 20.9. The summed E-state index contributed by atoms with van der Waals surface area (Å²) in [6, 6.07) is 8.84. The van der Waals surface area contributed by atoms with E-state index in [9.17, 15) is 4.79 Å². The van der Waals surface area contributed by atoms with Crippen molar-refractivity contribution in [1.82, 2.24) is 19.7 Å². The molecule has 0 saturated carbocycles. The Bertz CT molecular complexity index is 956. The minimum Gasteiger partial charge on any atom is -0.494 e. The molecule has 8 nitrogen and oxygen atoms in total. The van der Waals surface area contributed by atoms with Gasteiger partial charge in [-0.25, -0.2) is 4.98 Å². The number of hydrogen-bond acceptors (Lipinski definition) is 7. The number of oxazole rings is 1. The molecular formula is C27H38N4O4. The van der Waals surface area contributed by atoms with E-state index in [1.54, 1.807) is 6.26 Å². The molecule has 0 spiro atoms. The van der Waals surface area contributed by atoms with Crippen molar-refractivity contribution in [3.05, 3.63) is 36.2 Å². The van der Waals surface area contributed by atoms with E-state index in [-0.39, 0.29) is 11.9 Å². The van der Waals surface area contributed by atoms with Crippen molar-refractivity contribution in [1.29, 1.82) is 0 Å². The van der Waals surface area contributed by atoms with Crippen LogP contribution in [0.2, 0.25) is 0 Å². The Morgan fingerprint density at radius 3 is 2.71 bits per heavy atom. The van der Waals surface area contributed by atoms with Gasteiger partial charge in [0.1, 0.15) is 12.0 Å². The molecular weight excluding hydrogens is 444 g/mol. The van der Waals surface area contributed by atoms with Gasteiger partial charge in [0.25, 0.3) is 0 Å². The fourth-order valence-corrected chi connectivity index (χ4v) is 5.45. The van der Waals surface area contributed by atoms with Crippen LogP contribution < -0.4 is 4.74 Å². The van der Waals surface area contributed by atoms with Gasteiger partial charge in [0.15, 0.2) is 0 Å². The van der Waals surface area contributed by atoms with Crippen LogP contribution in [0.3, 0.4) is 0 Å². The Hall–Kier alpha value is -2.42. The number of ether oxygens (including phenoxy) is 2. The average molecular weight is 483 g/mol. The fourth-order valence-electron chi connectivity index (χ4n) is 5.45. The lowest BCUT2D eigenvalue weighted by Gasteiger charge is -2.32. The maximum Gasteiger partial charge on any atom is 0.226 e. The molecule has 35 heavy (non-hydrogen) atoms. The molecule has 8 heteroatoms. The Morgan fingerprint density at radius 1 is 1.11 bits per heavy atom. The van der Waals surface area contributed by atoms with Gasteiger partial charge in [-0.05, 0) is 63.4 Å². The quantitative estimate of drug-likeness (QED) is 0.481. The maximum absolute atomic E-state index is 12.6. The van der Waals surface area contributed by atoms with E-state index in [1.807, 2.05) is 29.2 Å². The highest BCUT2D eigenvalue weighted by Crippen LogP contribution is 2.26. The van der Waals surface area contributed by atoms with Crippen LogP contribution in [0, 0.1) is 0 Å². The topological polar surface area (TPSA) is 71.3 Å². The van der Waals surface area contributed by atoms with E-state index in [2.05, 4.69) is 21.7 Å². The van der Waals surface area contributed by atoms with Gasteiger partial charge in [-0.2, -0.15) is 0 Å². The largest absolute Gasteiger partial charge is 0.494 e. The molecule has 0 radical (unpaired) electrons. The van der Waals surface area contributed by atoms with Crippen LogP contribution in [0.5, 0.6) is 5.75 Å². The number of carbonyl (C=O) groups excluding carboxylic acids is 1. The predicted octanol–water partition coefficient (Wildman–Crippen LogP) is 3.42. The van der Waals surface area contributed by atoms with Crippen LogP contribution in [-0.2, 0) is 16.1 Å². The molecule has 3 fully saturated rings. The van der Waals surface area contributed by atoms with Crippen LogP contribution in [0.25, 0.3) is 11.5 Å². The maximum atomic E-state index is 12.6. The zero-order valence-electron chi connectivity index (χ0n) is 20.9. The van der Waals surface area contributed by atoms with Gasteiger partial charge in [-0.15, -0.1) is 0 Å². The minimum atomic E-state index is 0.202. The van der Waals surface area contributed by atoms with E-state index in [0.717, 1.165) is 75.8 Å². The molecule has 190 valence electrons. The fraction of sp³-hybridized carbons (Fsp3) is 0.630. The van der Waals surface area contributed by atoms with Crippen LogP contribution in [0.1, 0.15) is 44.7 Å². The second kappa shape index (κ2) is 11.5. The molecule has 0 bridgehead atoms. The minimum absolute atomic E-state index is 0.202. The van der Waals surface area contributed by atoms with Crippen molar-refractivity contribution in [2.24, 2.45) is 0 Å². The smallest absolute Gasteiger partial charge is 0.226 e. The Kier molecular flexibility index (Phi) is 8.01. The molecule has 3 saturated heterocycles. The summed E-state index contributed by atoms with van der Waals surface area (Å²) in [5, 5.41) is 0. The van der Waals surface area contributed by atoms with E-state index in [0.29, 0.717) is 24.9 Å².